The molecule has 3 nitrogen and oxygen atoms in total. The summed E-state index contributed by atoms with van der Waals surface area (Å²) < 4.78 is 0. The lowest BCUT2D eigenvalue weighted by atomic mass is 9.87. The van der Waals surface area contributed by atoms with Crippen LogP contribution in [-0.2, 0) is 19.3 Å². The molecule has 0 fully saturated rings. The van der Waals surface area contributed by atoms with Crippen LogP contribution in [0.25, 0.3) is 0 Å². The van der Waals surface area contributed by atoms with E-state index in [1.807, 2.05) is 24.3 Å². The molecule has 116 valence electrons. The summed E-state index contributed by atoms with van der Waals surface area (Å²) in [5.41, 5.74) is 3.86. The van der Waals surface area contributed by atoms with Crippen LogP contribution in [-0.4, -0.2) is 22.3 Å². The number of aromatic hydroxyl groups is 2. The first-order valence-electron chi connectivity index (χ1n) is 7.95. The summed E-state index contributed by atoms with van der Waals surface area (Å²) in [4.78, 5) is 0. The lowest BCUT2D eigenvalue weighted by Crippen LogP contribution is -2.41. The number of phenols is 2. The van der Waals surface area contributed by atoms with E-state index in [-0.39, 0.29) is 0 Å². The second-order valence-electron chi connectivity index (χ2n) is 6.33. The smallest absolute Gasteiger partial charge is 0.115 e. The Hall–Kier alpha value is -2.00. The molecule has 0 aliphatic heterocycles. The molecule has 3 N–H and O–H groups in total. The van der Waals surface area contributed by atoms with E-state index in [1.165, 1.54) is 16.7 Å². The van der Waals surface area contributed by atoms with E-state index in [0.717, 1.165) is 25.7 Å². The minimum Gasteiger partial charge on any atom is -0.508 e. The average molecular weight is 297 g/mol. The molecule has 0 saturated heterocycles. The first kappa shape index (κ1) is 14.9. The number of hydrogen-bond acceptors (Lipinski definition) is 3. The Bertz CT molecular complexity index is 636. The zero-order chi connectivity index (χ0) is 15.5. The summed E-state index contributed by atoms with van der Waals surface area (Å²) >= 11 is 0. The number of hydrogen-bond donors (Lipinski definition) is 3. The Morgan fingerprint density at radius 2 is 1.77 bits per heavy atom. The largest absolute Gasteiger partial charge is 0.508 e. The van der Waals surface area contributed by atoms with Crippen LogP contribution in [0, 0.1) is 0 Å². The predicted molar refractivity (Wildman–Crippen MR) is 88.3 cm³/mol. The van der Waals surface area contributed by atoms with Crippen molar-refractivity contribution in [2.45, 2.75) is 44.7 Å². The van der Waals surface area contributed by atoms with Crippen LogP contribution < -0.4 is 5.32 Å². The van der Waals surface area contributed by atoms with Crippen LogP contribution in [0.1, 0.15) is 30.0 Å². The third-order valence-corrected chi connectivity index (χ3v) is 4.42. The minimum absolute atomic E-state index is 0.316. The summed E-state index contributed by atoms with van der Waals surface area (Å²) in [6.45, 7) is 2.21. The molecule has 2 atom stereocenters. The zero-order valence-corrected chi connectivity index (χ0v) is 12.9. The van der Waals surface area contributed by atoms with Crippen molar-refractivity contribution in [3.8, 4) is 11.5 Å². The second kappa shape index (κ2) is 6.41. The average Bonchev–Trinajstić information content (AvgIpc) is 2.50. The molecule has 1 aliphatic carbocycles. The van der Waals surface area contributed by atoms with E-state index < -0.39 is 0 Å². The number of nitrogens with one attached hydrogen (secondary N) is 1. The molecule has 3 heteroatoms. The normalized spacial score (nSPS) is 18.7. The Kier molecular flexibility index (Phi) is 4.34. The summed E-state index contributed by atoms with van der Waals surface area (Å²) in [7, 11) is 0. The van der Waals surface area contributed by atoms with Crippen molar-refractivity contribution in [1.82, 2.24) is 5.32 Å². The van der Waals surface area contributed by atoms with Gasteiger partial charge in [0.1, 0.15) is 11.5 Å². The van der Waals surface area contributed by atoms with Gasteiger partial charge in [0.25, 0.3) is 0 Å². The molecule has 2 unspecified atom stereocenters. The van der Waals surface area contributed by atoms with Crippen LogP contribution >= 0.6 is 0 Å². The summed E-state index contributed by atoms with van der Waals surface area (Å²) in [5.74, 6) is 0.683. The fourth-order valence-corrected chi connectivity index (χ4v) is 3.33. The molecular formula is C19H23NO2. The quantitative estimate of drug-likeness (QED) is 0.812. The van der Waals surface area contributed by atoms with E-state index in [0.29, 0.717) is 23.6 Å². The lowest BCUT2D eigenvalue weighted by Gasteiger charge is -2.28. The molecule has 3 rings (SSSR count). The zero-order valence-electron chi connectivity index (χ0n) is 12.9. The van der Waals surface area contributed by atoms with Crippen molar-refractivity contribution in [2.75, 3.05) is 0 Å². The van der Waals surface area contributed by atoms with Gasteiger partial charge in [-0.1, -0.05) is 18.2 Å². The van der Waals surface area contributed by atoms with Crippen LogP contribution in [0.3, 0.4) is 0 Å². The van der Waals surface area contributed by atoms with Gasteiger partial charge < -0.3 is 15.5 Å². The summed E-state index contributed by atoms with van der Waals surface area (Å²) in [6.07, 6.45) is 4.11. The van der Waals surface area contributed by atoms with Crippen molar-refractivity contribution in [3.63, 3.8) is 0 Å². The van der Waals surface area contributed by atoms with E-state index >= 15 is 0 Å². The molecule has 2 aromatic rings. The summed E-state index contributed by atoms with van der Waals surface area (Å²) in [6, 6.07) is 14.0. The first-order chi connectivity index (χ1) is 10.6. The predicted octanol–water partition coefficient (Wildman–Crippen LogP) is 3.18. The highest BCUT2D eigenvalue weighted by atomic mass is 16.3. The highest BCUT2D eigenvalue weighted by Gasteiger charge is 2.20. The molecule has 22 heavy (non-hydrogen) atoms. The minimum atomic E-state index is 0.316. The third-order valence-electron chi connectivity index (χ3n) is 4.42. The lowest BCUT2D eigenvalue weighted by molar-refractivity contribution is 0.403. The van der Waals surface area contributed by atoms with Crippen LogP contribution in [0.2, 0.25) is 0 Å². The van der Waals surface area contributed by atoms with Gasteiger partial charge >= 0.3 is 0 Å². The molecule has 0 spiro atoms. The maximum Gasteiger partial charge on any atom is 0.115 e. The van der Waals surface area contributed by atoms with Crippen molar-refractivity contribution < 1.29 is 10.2 Å². The standard InChI is InChI=1S/C19H23NO2/c1-13(10-14-2-7-18(21)8-3-14)20-17-6-4-16-12-19(22)9-5-15(16)11-17/h2-3,5,7-9,12-13,17,20-22H,4,6,10-11H2,1H3. The highest BCUT2D eigenvalue weighted by molar-refractivity contribution is 5.37. The molecule has 0 amide bonds. The SMILES string of the molecule is CC(Cc1ccc(O)cc1)NC1CCc2cc(O)ccc2C1. The molecule has 2 aromatic carbocycles. The van der Waals surface area contributed by atoms with Crippen LogP contribution in [0.4, 0.5) is 0 Å². The Morgan fingerprint density at radius 1 is 1.05 bits per heavy atom. The molecule has 0 bridgehead atoms. The van der Waals surface area contributed by atoms with Gasteiger partial charge in [0.15, 0.2) is 0 Å². The molecule has 1 aliphatic rings. The van der Waals surface area contributed by atoms with E-state index in [4.69, 9.17) is 0 Å². The first-order valence-corrected chi connectivity index (χ1v) is 7.95. The van der Waals surface area contributed by atoms with Gasteiger partial charge in [-0.2, -0.15) is 0 Å². The van der Waals surface area contributed by atoms with E-state index in [9.17, 15) is 10.2 Å². The Labute approximate surface area is 131 Å². The molecule has 0 radical (unpaired) electrons. The molecule has 0 heterocycles. The van der Waals surface area contributed by atoms with Gasteiger partial charge in [-0.15, -0.1) is 0 Å². The van der Waals surface area contributed by atoms with Crippen molar-refractivity contribution >= 4 is 0 Å². The van der Waals surface area contributed by atoms with Gasteiger partial charge in [0.2, 0.25) is 0 Å². The maximum atomic E-state index is 9.55. The van der Waals surface area contributed by atoms with Crippen LogP contribution in [0.5, 0.6) is 11.5 Å². The van der Waals surface area contributed by atoms with Gasteiger partial charge in [-0.25, -0.2) is 0 Å². The number of benzene rings is 2. The number of phenolic OH excluding ortho intramolecular Hbond substituents is 2. The third kappa shape index (κ3) is 3.60. The number of aryl methyl sites for hydroxylation is 1. The Balaban J connectivity index is 1.57. The Morgan fingerprint density at radius 3 is 2.55 bits per heavy atom. The topological polar surface area (TPSA) is 52.5 Å². The molecule has 0 saturated carbocycles. The second-order valence-corrected chi connectivity index (χ2v) is 6.33. The van der Waals surface area contributed by atoms with E-state index in [2.05, 4.69) is 12.2 Å². The van der Waals surface area contributed by atoms with Crippen molar-refractivity contribution in [3.05, 3.63) is 59.2 Å². The number of rotatable bonds is 4. The summed E-state index contributed by atoms with van der Waals surface area (Å²) in [5, 5.41) is 22.6. The highest BCUT2D eigenvalue weighted by Crippen LogP contribution is 2.25. The van der Waals surface area contributed by atoms with Crippen LogP contribution in [0.15, 0.2) is 42.5 Å². The van der Waals surface area contributed by atoms with Gasteiger partial charge in [-0.3, -0.25) is 0 Å². The maximum absolute atomic E-state index is 9.55. The fraction of sp³-hybridized carbons (Fsp3) is 0.368. The van der Waals surface area contributed by atoms with Gasteiger partial charge in [0.05, 0.1) is 0 Å². The fourth-order valence-electron chi connectivity index (χ4n) is 3.33. The van der Waals surface area contributed by atoms with Crippen molar-refractivity contribution in [2.24, 2.45) is 0 Å². The monoisotopic (exact) mass is 297 g/mol. The molecule has 0 aromatic heterocycles. The van der Waals surface area contributed by atoms with Gasteiger partial charge in [-0.05, 0) is 73.6 Å². The molecular weight excluding hydrogens is 274 g/mol. The van der Waals surface area contributed by atoms with Gasteiger partial charge in [0, 0.05) is 12.1 Å². The van der Waals surface area contributed by atoms with Crippen molar-refractivity contribution in [1.29, 1.82) is 0 Å². The van der Waals surface area contributed by atoms with E-state index in [1.54, 1.807) is 18.2 Å². The number of fused-ring (bicyclic) bond motifs is 1.